The predicted molar refractivity (Wildman–Crippen MR) is 72.4 cm³/mol. The lowest BCUT2D eigenvalue weighted by Crippen LogP contribution is -2.28. The molecule has 2 aromatic rings. The lowest BCUT2D eigenvalue weighted by molar-refractivity contribution is 0.0912. The van der Waals surface area contributed by atoms with Crippen molar-refractivity contribution in [2.75, 3.05) is 13.7 Å². The van der Waals surface area contributed by atoms with E-state index < -0.39 is 6.10 Å². The number of carbonyl (C=O) groups is 1. The molecular formula is C13H14N2O3S. The van der Waals surface area contributed by atoms with Crippen LogP contribution >= 0.6 is 11.3 Å². The number of hydrogen-bond acceptors (Lipinski definition) is 5. The Morgan fingerprint density at radius 1 is 1.47 bits per heavy atom. The summed E-state index contributed by atoms with van der Waals surface area (Å²) < 4.78 is 5.04. The van der Waals surface area contributed by atoms with E-state index in [1.54, 1.807) is 42.3 Å². The highest BCUT2D eigenvalue weighted by molar-refractivity contribution is 7.07. The summed E-state index contributed by atoms with van der Waals surface area (Å²) in [5.74, 6) is 0.441. The average Bonchev–Trinajstić information content (AvgIpc) is 2.98. The number of rotatable bonds is 5. The summed E-state index contributed by atoms with van der Waals surface area (Å²) in [6, 6.07) is 7.05. The third-order valence-corrected chi connectivity index (χ3v) is 3.21. The van der Waals surface area contributed by atoms with Crippen LogP contribution in [0.15, 0.2) is 35.2 Å². The molecule has 1 atom stereocenters. The van der Waals surface area contributed by atoms with Crippen LogP contribution in [-0.4, -0.2) is 29.7 Å². The van der Waals surface area contributed by atoms with Gasteiger partial charge >= 0.3 is 0 Å². The maximum atomic E-state index is 11.6. The van der Waals surface area contributed by atoms with Crippen LogP contribution in [0.5, 0.6) is 5.75 Å². The van der Waals surface area contributed by atoms with Gasteiger partial charge in [0.2, 0.25) is 0 Å². The number of benzene rings is 1. The summed E-state index contributed by atoms with van der Waals surface area (Å²) in [5.41, 5.74) is 2.68. The number of hydrogen-bond donors (Lipinski definition) is 2. The number of methoxy groups -OCH3 is 1. The van der Waals surface area contributed by atoms with Crippen LogP contribution in [0.25, 0.3) is 0 Å². The normalized spacial score (nSPS) is 11.9. The van der Waals surface area contributed by atoms with Gasteiger partial charge in [0.15, 0.2) is 0 Å². The van der Waals surface area contributed by atoms with E-state index in [-0.39, 0.29) is 12.5 Å². The Morgan fingerprint density at radius 3 is 2.79 bits per heavy atom. The molecule has 100 valence electrons. The van der Waals surface area contributed by atoms with Gasteiger partial charge in [0.25, 0.3) is 5.91 Å². The quantitative estimate of drug-likeness (QED) is 0.871. The van der Waals surface area contributed by atoms with E-state index in [1.807, 2.05) is 0 Å². The topological polar surface area (TPSA) is 71.5 Å². The van der Waals surface area contributed by atoms with Gasteiger partial charge in [0.05, 0.1) is 18.7 Å². The molecule has 5 nitrogen and oxygen atoms in total. The number of thiazole rings is 1. The summed E-state index contributed by atoms with van der Waals surface area (Å²) in [6.45, 7) is 0.142. The number of carbonyl (C=O) groups excluding carboxylic acids is 1. The van der Waals surface area contributed by atoms with Crippen molar-refractivity contribution in [3.8, 4) is 5.75 Å². The molecule has 0 saturated heterocycles. The molecule has 0 bridgehead atoms. The molecule has 1 aromatic heterocycles. The third-order valence-electron chi connectivity index (χ3n) is 2.62. The first-order chi connectivity index (χ1) is 9.20. The highest BCUT2D eigenvalue weighted by Gasteiger charge is 2.11. The number of aliphatic hydroxyl groups excluding tert-OH is 1. The van der Waals surface area contributed by atoms with Gasteiger partial charge in [-0.1, -0.05) is 12.1 Å². The molecule has 6 heteroatoms. The van der Waals surface area contributed by atoms with Gasteiger partial charge in [-0.05, 0) is 17.7 Å². The Balaban J connectivity index is 1.90. The molecule has 1 heterocycles. The molecule has 2 N–H and O–H groups in total. The van der Waals surface area contributed by atoms with Crippen molar-refractivity contribution in [3.05, 3.63) is 46.4 Å². The van der Waals surface area contributed by atoms with Gasteiger partial charge in [-0.3, -0.25) is 4.79 Å². The number of ether oxygens (including phenoxy) is 1. The molecule has 1 unspecified atom stereocenters. The van der Waals surface area contributed by atoms with Crippen molar-refractivity contribution in [1.82, 2.24) is 10.3 Å². The molecule has 1 amide bonds. The lowest BCUT2D eigenvalue weighted by atomic mass is 10.1. The first kappa shape index (κ1) is 13.5. The predicted octanol–water partition coefficient (Wildman–Crippen LogP) is 1.62. The fourth-order valence-electron chi connectivity index (χ4n) is 1.55. The van der Waals surface area contributed by atoms with E-state index in [2.05, 4.69) is 10.3 Å². The van der Waals surface area contributed by atoms with E-state index >= 15 is 0 Å². The van der Waals surface area contributed by atoms with Crippen LogP contribution in [0.2, 0.25) is 0 Å². The summed E-state index contributed by atoms with van der Waals surface area (Å²) in [7, 11) is 1.58. The van der Waals surface area contributed by atoms with Crippen molar-refractivity contribution >= 4 is 17.2 Å². The van der Waals surface area contributed by atoms with Crippen LogP contribution in [0.4, 0.5) is 0 Å². The maximum absolute atomic E-state index is 11.6. The first-order valence-corrected chi connectivity index (χ1v) is 6.63. The monoisotopic (exact) mass is 278 g/mol. The fraction of sp³-hybridized carbons (Fsp3) is 0.231. The fourth-order valence-corrected chi connectivity index (χ4v) is 2.08. The number of aliphatic hydroxyl groups is 1. The van der Waals surface area contributed by atoms with E-state index in [9.17, 15) is 9.90 Å². The van der Waals surface area contributed by atoms with Crippen molar-refractivity contribution in [2.45, 2.75) is 6.10 Å². The summed E-state index contributed by atoms with van der Waals surface area (Å²) in [5, 5.41) is 14.3. The van der Waals surface area contributed by atoms with E-state index in [4.69, 9.17) is 4.74 Å². The van der Waals surface area contributed by atoms with Gasteiger partial charge in [0.1, 0.15) is 11.4 Å². The Bertz CT molecular complexity index is 525. The van der Waals surface area contributed by atoms with Gasteiger partial charge in [-0.25, -0.2) is 4.98 Å². The van der Waals surface area contributed by atoms with Crippen molar-refractivity contribution in [1.29, 1.82) is 0 Å². The zero-order valence-electron chi connectivity index (χ0n) is 10.4. The van der Waals surface area contributed by atoms with E-state index in [1.165, 1.54) is 11.3 Å². The largest absolute Gasteiger partial charge is 0.497 e. The Hall–Kier alpha value is -1.92. The molecule has 0 spiro atoms. The van der Waals surface area contributed by atoms with Crippen molar-refractivity contribution in [2.24, 2.45) is 0 Å². The second-order valence-electron chi connectivity index (χ2n) is 3.87. The van der Waals surface area contributed by atoms with Crippen molar-refractivity contribution in [3.63, 3.8) is 0 Å². The highest BCUT2D eigenvalue weighted by Crippen LogP contribution is 2.17. The average molecular weight is 278 g/mol. The van der Waals surface area contributed by atoms with E-state index in [0.717, 1.165) is 11.3 Å². The zero-order chi connectivity index (χ0) is 13.7. The molecule has 0 fully saturated rings. The summed E-state index contributed by atoms with van der Waals surface area (Å²) in [4.78, 5) is 15.5. The van der Waals surface area contributed by atoms with Crippen molar-refractivity contribution < 1.29 is 14.6 Å². The number of aromatic nitrogens is 1. The standard InChI is InChI=1S/C13H14N2O3S/c1-18-10-4-2-9(3-5-10)12(16)6-14-13(17)11-7-19-8-15-11/h2-5,7-8,12,16H,6H2,1H3,(H,14,17). The molecular weight excluding hydrogens is 264 g/mol. The van der Waals surface area contributed by atoms with Crippen LogP contribution in [0.1, 0.15) is 22.2 Å². The minimum Gasteiger partial charge on any atom is -0.497 e. The molecule has 2 rings (SSSR count). The second kappa shape index (κ2) is 6.31. The van der Waals surface area contributed by atoms with Gasteiger partial charge in [0, 0.05) is 11.9 Å². The smallest absolute Gasteiger partial charge is 0.270 e. The minimum absolute atomic E-state index is 0.142. The summed E-state index contributed by atoms with van der Waals surface area (Å²) in [6.07, 6.45) is -0.756. The number of amides is 1. The third kappa shape index (κ3) is 3.52. The first-order valence-electron chi connectivity index (χ1n) is 5.69. The molecule has 1 aromatic carbocycles. The van der Waals surface area contributed by atoms with Gasteiger partial charge < -0.3 is 15.2 Å². The molecule has 0 aliphatic rings. The zero-order valence-corrected chi connectivity index (χ0v) is 11.2. The Morgan fingerprint density at radius 2 is 2.21 bits per heavy atom. The minimum atomic E-state index is -0.756. The molecule has 0 radical (unpaired) electrons. The molecule has 0 aliphatic carbocycles. The Kier molecular flexibility index (Phi) is 4.48. The van der Waals surface area contributed by atoms with Gasteiger partial charge in [-0.2, -0.15) is 0 Å². The SMILES string of the molecule is COc1ccc(C(O)CNC(=O)c2cscn2)cc1. The van der Waals surface area contributed by atoms with Crippen LogP contribution in [-0.2, 0) is 0 Å². The second-order valence-corrected chi connectivity index (χ2v) is 4.59. The molecule has 0 saturated carbocycles. The Labute approximate surface area is 114 Å². The van der Waals surface area contributed by atoms with Crippen LogP contribution < -0.4 is 10.1 Å². The number of nitrogens with zero attached hydrogens (tertiary/aromatic N) is 1. The molecule has 19 heavy (non-hydrogen) atoms. The van der Waals surface area contributed by atoms with Gasteiger partial charge in [-0.15, -0.1) is 11.3 Å². The maximum Gasteiger partial charge on any atom is 0.270 e. The molecule has 0 aliphatic heterocycles. The number of nitrogens with one attached hydrogen (secondary N) is 1. The lowest BCUT2D eigenvalue weighted by Gasteiger charge is -2.12. The highest BCUT2D eigenvalue weighted by atomic mass is 32.1. The van der Waals surface area contributed by atoms with E-state index in [0.29, 0.717) is 5.69 Å². The van der Waals surface area contributed by atoms with Crippen LogP contribution in [0.3, 0.4) is 0 Å². The van der Waals surface area contributed by atoms with Crippen LogP contribution in [0, 0.1) is 0 Å². The summed E-state index contributed by atoms with van der Waals surface area (Å²) >= 11 is 1.35.